The third-order valence-corrected chi connectivity index (χ3v) is 6.98. The van der Waals surface area contributed by atoms with Crippen molar-refractivity contribution in [2.24, 2.45) is 0 Å². The minimum atomic E-state index is -0.585. The van der Waals surface area contributed by atoms with Crippen molar-refractivity contribution < 1.29 is 33.5 Å². The maximum absolute atomic E-state index is 12.7. The highest BCUT2D eigenvalue weighted by molar-refractivity contribution is 7.99. The van der Waals surface area contributed by atoms with Gasteiger partial charge in [0.1, 0.15) is 9.88 Å². The molecule has 0 atom stereocenters. The summed E-state index contributed by atoms with van der Waals surface area (Å²) in [6.45, 7) is 0. The number of nitro benzene ring substituents is 1. The minimum Gasteiger partial charge on any atom is -0.493 e. The maximum atomic E-state index is 12.7. The topological polar surface area (TPSA) is 126 Å². The summed E-state index contributed by atoms with van der Waals surface area (Å²) in [5.41, 5.74) is 0.531. The van der Waals surface area contributed by atoms with Crippen LogP contribution in [0.4, 0.5) is 10.7 Å². The number of para-hydroxylation sites is 1. The largest absolute Gasteiger partial charge is 0.493 e. The van der Waals surface area contributed by atoms with Crippen LogP contribution in [0.1, 0.15) is 15.2 Å². The molecule has 1 aromatic heterocycles. The van der Waals surface area contributed by atoms with Crippen LogP contribution in [0.3, 0.4) is 0 Å². The van der Waals surface area contributed by atoms with Crippen molar-refractivity contribution in [3.8, 4) is 17.2 Å². The first-order valence-electron chi connectivity index (χ1n) is 10.2. The molecular formula is C24H22N2O8S2. The van der Waals surface area contributed by atoms with Crippen LogP contribution < -0.4 is 19.5 Å². The number of nitro groups is 1. The summed E-state index contributed by atoms with van der Waals surface area (Å²) in [4.78, 5) is 36.8. The van der Waals surface area contributed by atoms with Gasteiger partial charge in [0.15, 0.2) is 11.5 Å². The predicted octanol–water partition coefficient (Wildman–Crippen LogP) is 5.27. The highest BCUT2D eigenvalue weighted by atomic mass is 32.2. The van der Waals surface area contributed by atoms with Gasteiger partial charge in [-0.1, -0.05) is 23.9 Å². The summed E-state index contributed by atoms with van der Waals surface area (Å²) in [6.07, 6.45) is 2.86. The number of hydrogen-bond acceptors (Lipinski definition) is 10. The molecule has 0 radical (unpaired) electrons. The van der Waals surface area contributed by atoms with E-state index in [1.807, 2.05) is 0 Å². The van der Waals surface area contributed by atoms with Gasteiger partial charge in [0.05, 0.1) is 38.3 Å². The number of carbonyl (C=O) groups excluding carboxylic acids is 2. The number of nitrogens with zero attached hydrogens (tertiary/aromatic N) is 1. The van der Waals surface area contributed by atoms with E-state index in [2.05, 4.69) is 5.32 Å². The van der Waals surface area contributed by atoms with E-state index in [9.17, 15) is 19.7 Å². The molecule has 3 aromatic rings. The number of rotatable bonds is 10. The van der Waals surface area contributed by atoms with Crippen LogP contribution in [0, 0.1) is 10.1 Å². The SMILES string of the molecule is COC(=O)c1cc(Sc2ccccc2[N+](=O)[O-])c(NC(=O)C=Cc2cc(OC)c(OC)c(OC)c2)s1. The molecule has 1 N–H and O–H groups in total. The maximum Gasteiger partial charge on any atom is 0.348 e. The Bertz CT molecular complexity index is 1290. The van der Waals surface area contributed by atoms with Crippen LogP contribution in [-0.4, -0.2) is 45.2 Å². The van der Waals surface area contributed by atoms with Crippen molar-refractivity contribution in [2.45, 2.75) is 9.79 Å². The van der Waals surface area contributed by atoms with E-state index in [-0.39, 0.29) is 10.6 Å². The summed E-state index contributed by atoms with van der Waals surface area (Å²) in [6, 6.07) is 11.1. The van der Waals surface area contributed by atoms with E-state index >= 15 is 0 Å². The molecule has 10 nitrogen and oxygen atoms in total. The monoisotopic (exact) mass is 530 g/mol. The second kappa shape index (κ2) is 12.1. The first kappa shape index (κ1) is 26.6. The summed E-state index contributed by atoms with van der Waals surface area (Å²) in [5, 5.41) is 14.5. The van der Waals surface area contributed by atoms with E-state index in [0.29, 0.717) is 37.6 Å². The molecule has 188 valence electrons. The molecule has 12 heteroatoms. The Morgan fingerprint density at radius 2 is 1.67 bits per heavy atom. The lowest BCUT2D eigenvalue weighted by Crippen LogP contribution is -2.07. The van der Waals surface area contributed by atoms with Crippen LogP contribution in [0.5, 0.6) is 17.2 Å². The molecule has 0 saturated carbocycles. The number of anilines is 1. The Kier molecular flexibility index (Phi) is 8.92. The average Bonchev–Trinajstić information content (AvgIpc) is 3.28. The molecule has 0 bridgehead atoms. The molecule has 1 amide bonds. The predicted molar refractivity (Wildman–Crippen MR) is 137 cm³/mol. The lowest BCUT2D eigenvalue weighted by atomic mass is 10.1. The molecule has 0 aliphatic heterocycles. The number of thiophene rings is 1. The smallest absolute Gasteiger partial charge is 0.348 e. The molecule has 0 spiro atoms. The van der Waals surface area contributed by atoms with E-state index < -0.39 is 16.8 Å². The Morgan fingerprint density at radius 1 is 1.00 bits per heavy atom. The zero-order valence-electron chi connectivity index (χ0n) is 19.7. The van der Waals surface area contributed by atoms with Gasteiger partial charge in [-0.25, -0.2) is 4.79 Å². The van der Waals surface area contributed by atoms with E-state index in [0.717, 1.165) is 23.1 Å². The number of esters is 1. The minimum absolute atomic E-state index is 0.0899. The van der Waals surface area contributed by atoms with Crippen LogP contribution in [0.2, 0.25) is 0 Å². The van der Waals surface area contributed by atoms with Gasteiger partial charge in [0.25, 0.3) is 5.69 Å². The van der Waals surface area contributed by atoms with Crippen molar-refractivity contribution in [2.75, 3.05) is 33.8 Å². The molecule has 3 rings (SSSR count). The number of ether oxygens (including phenoxy) is 4. The quantitative estimate of drug-likeness (QED) is 0.161. The van der Waals surface area contributed by atoms with E-state index in [1.54, 1.807) is 36.4 Å². The molecule has 0 aliphatic rings. The van der Waals surface area contributed by atoms with Gasteiger partial charge in [0.2, 0.25) is 11.7 Å². The van der Waals surface area contributed by atoms with Crippen molar-refractivity contribution in [3.05, 3.63) is 69.1 Å². The second-order valence-corrected chi connectivity index (χ2v) is 9.04. The molecule has 2 aromatic carbocycles. The van der Waals surface area contributed by atoms with E-state index in [4.69, 9.17) is 18.9 Å². The third-order valence-electron chi connectivity index (χ3n) is 4.72. The van der Waals surface area contributed by atoms with Crippen LogP contribution >= 0.6 is 23.1 Å². The summed E-state index contributed by atoms with van der Waals surface area (Å²) in [5.74, 6) is 0.221. The molecule has 0 aliphatic carbocycles. The van der Waals surface area contributed by atoms with Crippen molar-refractivity contribution in [3.63, 3.8) is 0 Å². The van der Waals surface area contributed by atoms with Gasteiger partial charge in [-0.15, -0.1) is 11.3 Å². The zero-order chi connectivity index (χ0) is 26.2. The van der Waals surface area contributed by atoms with Crippen LogP contribution in [0.15, 0.2) is 58.3 Å². The normalized spacial score (nSPS) is 10.7. The fourth-order valence-electron chi connectivity index (χ4n) is 3.07. The van der Waals surface area contributed by atoms with Crippen molar-refractivity contribution in [1.29, 1.82) is 0 Å². The Balaban J connectivity index is 1.88. The molecule has 0 fully saturated rings. The van der Waals surface area contributed by atoms with Crippen molar-refractivity contribution in [1.82, 2.24) is 0 Å². The number of carbonyl (C=O) groups is 2. The Morgan fingerprint density at radius 3 is 2.25 bits per heavy atom. The van der Waals surface area contributed by atoms with Crippen molar-refractivity contribution >= 4 is 51.7 Å². The number of nitrogens with one attached hydrogen (secondary N) is 1. The second-order valence-electron chi connectivity index (χ2n) is 6.90. The lowest BCUT2D eigenvalue weighted by Gasteiger charge is -2.12. The number of methoxy groups -OCH3 is 4. The zero-order valence-corrected chi connectivity index (χ0v) is 21.4. The number of benzene rings is 2. The first-order valence-corrected chi connectivity index (χ1v) is 11.9. The van der Waals surface area contributed by atoms with Crippen LogP contribution in [-0.2, 0) is 9.53 Å². The third kappa shape index (κ3) is 6.15. The molecule has 36 heavy (non-hydrogen) atoms. The van der Waals surface area contributed by atoms with Gasteiger partial charge in [0, 0.05) is 17.0 Å². The van der Waals surface area contributed by atoms with Gasteiger partial charge in [-0.2, -0.15) is 0 Å². The van der Waals surface area contributed by atoms with Crippen LogP contribution in [0.25, 0.3) is 6.08 Å². The first-order chi connectivity index (χ1) is 17.3. The van der Waals surface area contributed by atoms with Gasteiger partial charge >= 0.3 is 5.97 Å². The average molecular weight is 531 g/mol. The fourth-order valence-corrected chi connectivity index (χ4v) is 5.22. The van der Waals surface area contributed by atoms with Gasteiger partial charge in [-0.05, 0) is 35.9 Å². The number of amides is 1. The molecule has 1 heterocycles. The molecular weight excluding hydrogens is 508 g/mol. The Hall–Kier alpha value is -4.03. The molecule has 0 unspecified atom stereocenters. The Labute approximate surface area is 215 Å². The summed E-state index contributed by atoms with van der Waals surface area (Å²) >= 11 is 2.07. The lowest BCUT2D eigenvalue weighted by molar-refractivity contribution is -0.387. The standard InChI is InChI=1S/C24H22N2O8S2/c1-31-16-11-14(12-17(32-2)22(16)33-3)9-10-21(27)25-23-19(13-20(36-23)24(28)34-4)35-18-8-6-5-7-15(18)26(29)30/h5-13H,1-4H3,(H,25,27). The number of hydrogen-bond donors (Lipinski definition) is 1. The van der Waals surface area contributed by atoms with Gasteiger partial charge < -0.3 is 24.3 Å². The highest BCUT2D eigenvalue weighted by Crippen LogP contribution is 2.43. The summed E-state index contributed by atoms with van der Waals surface area (Å²) < 4.78 is 20.7. The molecule has 0 saturated heterocycles. The fraction of sp³-hybridized carbons (Fsp3) is 0.167. The summed E-state index contributed by atoms with van der Waals surface area (Å²) in [7, 11) is 5.72. The highest BCUT2D eigenvalue weighted by Gasteiger charge is 2.21. The van der Waals surface area contributed by atoms with Gasteiger partial charge in [-0.3, -0.25) is 14.9 Å². The van der Waals surface area contributed by atoms with E-state index in [1.165, 1.54) is 46.6 Å².